The van der Waals surface area contributed by atoms with Crippen molar-refractivity contribution in [3.8, 4) is 11.3 Å². The second-order valence-electron chi connectivity index (χ2n) is 4.15. The summed E-state index contributed by atoms with van der Waals surface area (Å²) in [6.07, 6.45) is 2.02. The molecule has 0 aliphatic heterocycles. The highest BCUT2D eigenvalue weighted by molar-refractivity contribution is 9.10. The molecule has 3 rings (SSSR count). The predicted molar refractivity (Wildman–Crippen MR) is 80.8 cm³/mol. The second-order valence-corrected chi connectivity index (χ2v) is 5.82. The maximum absolute atomic E-state index is 4.72. The number of aryl methyl sites for hydroxylation is 1. The third-order valence-electron chi connectivity index (χ3n) is 2.86. The Hall–Kier alpha value is -1.13. The van der Waals surface area contributed by atoms with Gasteiger partial charge in [0, 0.05) is 16.2 Å². The number of halogens is 2. The molecule has 2 heterocycles. The Morgan fingerprint density at radius 3 is 2.56 bits per heavy atom. The van der Waals surface area contributed by atoms with E-state index in [4.69, 9.17) is 4.98 Å². The van der Waals surface area contributed by atoms with Gasteiger partial charge in [0.1, 0.15) is 15.9 Å². The first-order chi connectivity index (χ1) is 8.66. The zero-order valence-corrected chi connectivity index (χ0v) is 12.9. The van der Waals surface area contributed by atoms with E-state index in [0.717, 1.165) is 31.5 Å². The Morgan fingerprint density at radius 2 is 1.83 bits per heavy atom. The number of fused-ring (bicyclic) bond motifs is 1. The Balaban J connectivity index is 2.33. The molecule has 2 aromatic heterocycles. The van der Waals surface area contributed by atoms with E-state index in [1.165, 1.54) is 0 Å². The van der Waals surface area contributed by atoms with Crippen LogP contribution in [-0.4, -0.2) is 9.38 Å². The molecule has 1 aromatic carbocycles. The van der Waals surface area contributed by atoms with Gasteiger partial charge in [-0.2, -0.15) is 0 Å². The van der Waals surface area contributed by atoms with Gasteiger partial charge in [0.2, 0.25) is 0 Å². The summed E-state index contributed by atoms with van der Waals surface area (Å²) in [5.74, 6) is 0. The van der Waals surface area contributed by atoms with Crippen molar-refractivity contribution in [1.29, 1.82) is 0 Å². The third kappa shape index (κ3) is 1.89. The molecule has 0 N–H and O–H groups in total. The highest BCUT2D eigenvalue weighted by Crippen LogP contribution is 2.30. The van der Waals surface area contributed by atoms with Crippen molar-refractivity contribution < 1.29 is 0 Å². The molecule has 0 unspecified atom stereocenters. The molecule has 0 amide bonds. The summed E-state index contributed by atoms with van der Waals surface area (Å²) in [7, 11) is 0. The maximum atomic E-state index is 4.72. The first kappa shape index (κ1) is 11.9. The zero-order chi connectivity index (χ0) is 12.7. The van der Waals surface area contributed by atoms with Gasteiger partial charge < -0.3 is 0 Å². The van der Waals surface area contributed by atoms with E-state index < -0.39 is 0 Å². The maximum Gasteiger partial charge on any atom is 0.141 e. The molecule has 0 aliphatic carbocycles. The van der Waals surface area contributed by atoms with Crippen molar-refractivity contribution in [2.24, 2.45) is 0 Å². The van der Waals surface area contributed by atoms with E-state index in [1.807, 2.05) is 24.4 Å². The molecule has 0 radical (unpaired) electrons. The van der Waals surface area contributed by atoms with Crippen LogP contribution in [0, 0.1) is 6.92 Å². The molecule has 18 heavy (non-hydrogen) atoms. The molecule has 0 bridgehead atoms. The lowest BCUT2D eigenvalue weighted by molar-refractivity contribution is 1.12. The lowest BCUT2D eigenvalue weighted by Crippen LogP contribution is -1.87. The Morgan fingerprint density at radius 1 is 1.11 bits per heavy atom. The van der Waals surface area contributed by atoms with Gasteiger partial charge in [-0.05, 0) is 50.4 Å². The van der Waals surface area contributed by atoms with Gasteiger partial charge in [-0.1, -0.05) is 30.3 Å². The molecular weight excluding hydrogens is 356 g/mol. The van der Waals surface area contributed by atoms with Crippen LogP contribution in [0.2, 0.25) is 0 Å². The van der Waals surface area contributed by atoms with Crippen molar-refractivity contribution in [3.05, 3.63) is 57.2 Å². The summed E-state index contributed by atoms with van der Waals surface area (Å²) in [6, 6.07) is 12.3. The molecule has 0 atom stereocenters. The first-order valence-corrected chi connectivity index (χ1v) is 7.14. The number of benzene rings is 1. The summed E-state index contributed by atoms with van der Waals surface area (Å²) >= 11 is 7.15. The Labute approximate surface area is 122 Å². The Kier molecular flexibility index (Phi) is 2.99. The number of aromatic nitrogens is 2. The summed E-state index contributed by atoms with van der Waals surface area (Å²) in [5.41, 5.74) is 4.21. The monoisotopic (exact) mass is 364 g/mol. The second kappa shape index (κ2) is 4.52. The number of rotatable bonds is 1. The summed E-state index contributed by atoms with van der Waals surface area (Å²) in [6.45, 7) is 2.06. The van der Waals surface area contributed by atoms with Gasteiger partial charge in [-0.25, -0.2) is 4.98 Å². The van der Waals surface area contributed by atoms with E-state index in [-0.39, 0.29) is 0 Å². The van der Waals surface area contributed by atoms with E-state index >= 15 is 0 Å². The molecule has 3 aromatic rings. The highest BCUT2D eigenvalue weighted by Gasteiger charge is 2.13. The van der Waals surface area contributed by atoms with Crippen molar-refractivity contribution in [2.75, 3.05) is 0 Å². The minimum absolute atomic E-state index is 0.969. The van der Waals surface area contributed by atoms with E-state index in [9.17, 15) is 0 Å². The van der Waals surface area contributed by atoms with Gasteiger partial charge in [0.15, 0.2) is 0 Å². The molecule has 0 aliphatic rings. The van der Waals surface area contributed by atoms with Gasteiger partial charge in [-0.15, -0.1) is 0 Å². The van der Waals surface area contributed by atoms with Crippen molar-refractivity contribution in [3.63, 3.8) is 0 Å². The van der Waals surface area contributed by atoms with E-state index in [1.54, 1.807) is 0 Å². The largest absolute Gasteiger partial charge is 0.292 e. The van der Waals surface area contributed by atoms with Crippen LogP contribution >= 0.6 is 31.9 Å². The summed E-state index contributed by atoms with van der Waals surface area (Å²) in [4.78, 5) is 4.72. The van der Waals surface area contributed by atoms with Crippen molar-refractivity contribution >= 4 is 37.5 Å². The SMILES string of the molecule is Cc1cc(Br)cn2c(Br)c(-c3ccccc3)nc12. The standard InChI is InChI=1S/C14H10Br2N2/c1-9-7-11(15)8-18-13(16)12(17-14(9)18)10-5-3-2-4-6-10/h2-8H,1H3. The molecule has 2 nitrogen and oxygen atoms in total. The fraction of sp³-hybridized carbons (Fsp3) is 0.0714. The normalized spacial score (nSPS) is 11.1. The van der Waals surface area contributed by atoms with E-state index in [2.05, 4.69) is 61.4 Å². The molecule has 0 fully saturated rings. The quantitative estimate of drug-likeness (QED) is 0.603. The third-order valence-corrected chi connectivity index (χ3v) is 4.05. The molecule has 90 valence electrons. The van der Waals surface area contributed by atoms with Crippen molar-refractivity contribution in [1.82, 2.24) is 9.38 Å². The van der Waals surface area contributed by atoms with Gasteiger partial charge in [0.05, 0.1) is 0 Å². The van der Waals surface area contributed by atoms with Crippen LogP contribution in [0.25, 0.3) is 16.9 Å². The molecule has 4 heteroatoms. The smallest absolute Gasteiger partial charge is 0.141 e. The topological polar surface area (TPSA) is 17.3 Å². The van der Waals surface area contributed by atoms with Gasteiger partial charge in [0.25, 0.3) is 0 Å². The number of imidazole rings is 1. The van der Waals surface area contributed by atoms with Crippen molar-refractivity contribution in [2.45, 2.75) is 6.92 Å². The van der Waals surface area contributed by atoms with Gasteiger partial charge in [-0.3, -0.25) is 4.40 Å². The fourth-order valence-electron chi connectivity index (χ4n) is 2.02. The van der Waals surface area contributed by atoms with Gasteiger partial charge >= 0.3 is 0 Å². The zero-order valence-electron chi connectivity index (χ0n) is 9.69. The first-order valence-electron chi connectivity index (χ1n) is 5.56. The number of hydrogen-bond donors (Lipinski definition) is 0. The van der Waals surface area contributed by atoms with Crippen LogP contribution < -0.4 is 0 Å². The predicted octanol–water partition coefficient (Wildman–Crippen LogP) is 4.83. The minimum Gasteiger partial charge on any atom is -0.292 e. The minimum atomic E-state index is 0.969. The summed E-state index contributed by atoms with van der Waals surface area (Å²) < 4.78 is 4.08. The van der Waals surface area contributed by atoms with Crippen LogP contribution in [0.5, 0.6) is 0 Å². The highest BCUT2D eigenvalue weighted by atomic mass is 79.9. The fourth-order valence-corrected chi connectivity index (χ4v) is 3.16. The summed E-state index contributed by atoms with van der Waals surface area (Å²) in [5, 5.41) is 0. The molecular formula is C14H10Br2N2. The van der Waals surface area contributed by atoms with Crippen LogP contribution in [0.3, 0.4) is 0 Å². The average Bonchev–Trinajstić information content (AvgIpc) is 2.69. The average molecular weight is 366 g/mol. The van der Waals surface area contributed by atoms with Crippen LogP contribution in [0.15, 0.2) is 51.7 Å². The van der Waals surface area contributed by atoms with Crippen LogP contribution in [0.4, 0.5) is 0 Å². The number of hydrogen-bond acceptors (Lipinski definition) is 1. The molecule has 0 saturated carbocycles. The lowest BCUT2D eigenvalue weighted by atomic mass is 10.2. The number of nitrogens with zero attached hydrogens (tertiary/aromatic N) is 2. The Bertz CT molecular complexity index is 717. The van der Waals surface area contributed by atoms with E-state index in [0.29, 0.717) is 0 Å². The van der Waals surface area contributed by atoms with Crippen LogP contribution in [-0.2, 0) is 0 Å². The lowest BCUT2D eigenvalue weighted by Gasteiger charge is -2.00. The molecule has 0 spiro atoms. The van der Waals surface area contributed by atoms with Crippen LogP contribution in [0.1, 0.15) is 5.56 Å². The number of pyridine rings is 1. The molecule has 0 saturated heterocycles.